The number of aromatic nitrogens is 3. The zero-order valence-corrected chi connectivity index (χ0v) is 25.3. The summed E-state index contributed by atoms with van der Waals surface area (Å²) in [5.74, 6) is 0.621. The van der Waals surface area contributed by atoms with Crippen LogP contribution in [0.3, 0.4) is 0 Å². The summed E-state index contributed by atoms with van der Waals surface area (Å²) in [6.07, 6.45) is 0. The highest BCUT2D eigenvalue weighted by atomic mass is 16.3. The Morgan fingerprint density at radius 3 is 2.06 bits per heavy atom. The van der Waals surface area contributed by atoms with Gasteiger partial charge in [-0.05, 0) is 65.2 Å². The lowest BCUT2D eigenvalue weighted by atomic mass is 9.97. The van der Waals surface area contributed by atoms with Gasteiger partial charge in [-0.1, -0.05) is 109 Å². The van der Waals surface area contributed by atoms with Gasteiger partial charge in [-0.3, -0.25) is 0 Å². The number of H-pyrrole nitrogens is 1. The number of hydrogen-bond donors (Lipinski definition) is 1. The maximum atomic E-state index is 6.52. The van der Waals surface area contributed by atoms with Crippen molar-refractivity contribution in [2.45, 2.75) is 0 Å². The second kappa shape index (κ2) is 10.1. The Bertz CT molecular complexity index is 2780. The van der Waals surface area contributed by atoms with Gasteiger partial charge in [0.15, 0.2) is 5.58 Å². The lowest BCUT2D eigenvalue weighted by molar-refractivity contribution is 0.621. The molecule has 4 nitrogen and oxygen atoms in total. The van der Waals surface area contributed by atoms with Gasteiger partial charge >= 0.3 is 0 Å². The molecule has 10 rings (SSSR count). The van der Waals surface area contributed by atoms with Crippen molar-refractivity contribution < 1.29 is 4.42 Å². The van der Waals surface area contributed by atoms with Gasteiger partial charge in [0, 0.05) is 43.9 Å². The summed E-state index contributed by atoms with van der Waals surface area (Å²) in [5, 5.41) is 4.89. The molecule has 220 valence electrons. The van der Waals surface area contributed by atoms with Gasteiger partial charge < -0.3 is 14.0 Å². The Labute approximate surface area is 270 Å². The van der Waals surface area contributed by atoms with Crippen LogP contribution >= 0.6 is 0 Å². The number of para-hydroxylation sites is 3. The van der Waals surface area contributed by atoms with E-state index in [0.717, 1.165) is 61.2 Å². The maximum Gasteiger partial charge on any atom is 0.227 e. The van der Waals surface area contributed by atoms with Crippen LogP contribution in [0.15, 0.2) is 162 Å². The minimum absolute atomic E-state index is 0.621. The molecule has 0 spiro atoms. The van der Waals surface area contributed by atoms with Crippen LogP contribution in [0.25, 0.3) is 94.1 Å². The predicted molar refractivity (Wildman–Crippen MR) is 194 cm³/mol. The van der Waals surface area contributed by atoms with E-state index in [2.05, 4.69) is 131 Å². The van der Waals surface area contributed by atoms with Crippen LogP contribution < -0.4 is 0 Å². The van der Waals surface area contributed by atoms with E-state index in [-0.39, 0.29) is 0 Å². The molecular formula is C43H27N3O. The summed E-state index contributed by atoms with van der Waals surface area (Å²) < 4.78 is 8.95. The second-order valence-corrected chi connectivity index (χ2v) is 12.1. The largest absolute Gasteiger partial charge is 0.435 e. The van der Waals surface area contributed by atoms with Crippen LogP contribution in [0.4, 0.5) is 0 Å². The number of rotatable bonds is 4. The quantitative estimate of drug-likeness (QED) is 0.218. The van der Waals surface area contributed by atoms with Crippen LogP contribution in [-0.4, -0.2) is 14.5 Å². The van der Waals surface area contributed by atoms with Crippen LogP contribution in [-0.2, 0) is 0 Å². The molecule has 0 amide bonds. The zero-order valence-electron chi connectivity index (χ0n) is 25.3. The Hall–Kier alpha value is -6.39. The summed E-state index contributed by atoms with van der Waals surface area (Å²) in [5.41, 5.74) is 12.6. The SMILES string of the molecule is c1ccc(-c2cc(-c3cccc4nc(-c5ccccc5)oc34)cc(-n3c4ccccc4c4ccc5c6ccccc6[nH]c5c43)c2)cc1. The van der Waals surface area contributed by atoms with Crippen molar-refractivity contribution in [3.63, 3.8) is 0 Å². The topological polar surface area (TPSA) is 46.8 Å². The van der Waals surface area contributed by atoms with Crippen molar-refractivity contribution in [2.75, 3.05) is 0 Å². The Balaban J connectivity index is 1.30. The van der Waals surface area contributed by atoms with Crippen molar-refractivity contribution in [1.29, 1.82) is 0 Å². The lowest BCUT2D eigenvalue weighted by Gasteiger charge is -2.14. The number of benzene rings is 7. The highest BCUT2D eigenvalue weighted by Gasteiger charge is 2.20. The molecule has 0 aliphatic carbocycles. The minimum atomic E-state index is 0.621. The molecule has 0 saturated carbocycles. The first kappa shape index (κ1) is 25.9. The van der Waals surface area contributed by atoms with E-state index < -0.39 is 0 Å². The van der Waals surface area contributed by atoms with Gasteiger partial charge in [0.2, 0.25) is 5.89 Å². The Kier molecular flexibility index (Phi) is 5.54. The molecule has 0 unspecified atom stereocenters. The predicted octanol–water partition coefficient (Wildman–Crippen LogP) is 11.6. The molecule has 7 aromatic carbocycles. The van der Waals surface area contributed by atoms with Crippen LogP contribution in [0.5, 0.6) is 0 Å². The molecule has 0 fully saturated rings. The maximum absolute atomic E-state index is 6.52. The highest BCUT2D eigenvalue weighted by Crippen LogP contribution is 2.41. The standard InChI is InChI=1S/C43H27N3O/c1-3-12-27(13-4-1)29-24-30(32-18-11-20-38-42(32)47-43(45-38)28-14-5-2-6-15-28)26-31(25-29)46-39-21-10-8-17-34(39)36-23-22-35-33-16-7-9-19-37(33)44-40(35)41(36)46/h1-26,44H. The molecule has 47 heavy (non-hydrogen) atoms. The third kappa shape index (κ3) is 3.98. The van der Waals surface area contributed by atoms with Gasteiger partial charge in [-0.15, -0.1) is 0 Å². The molecule has 10 aromatic rings. The fraction of sp³-hybridized carbons (Fsp3) is 0. The summed E-state index contributed by atoms with van der Waals surface area (Å²) >= 11 is 0. The van der Waals surface area contributed by atoms with Crippen molar-refractivity contribution >= 4 is 54.7 Å². The number of nitrogens with zero attached hydrogens (tertiary/aromatic N) is 2. The summed E-state index contributed by atoms with van der Waals surface area (Å²) in [7, 11) is 0. The number of oxazole rings is 1. The van der Waals surface area contributed by atoms with Crippen molar-refractivity contribution in [1.82, 2.24) is 14.5 Å². The molecule has 0 aliphatic heterocycles. The van der Waals surface area contributed by atoms with E-state index in [1.54, 1.807) is 0 Å². The average Bonchev–Trinajstić information content (AvgIpc) is 3.84. The van der Waals surface area contributed by atoms with Crippen LogP contribution in [0.1, 0.15) is 0 Å². The van der Waals surface area contributed by atoms with Crippen LogP contribution in [0, 0.1) is 0 Å². The van der Waals surface area contributed by atoms with Crippen LogP contribution in [0.2, 0.25) is 0 Å². The van der Waals surface area contributed by atoms with Gasteiger partial charge in [0.05, 0.1) is 16.6 Å². The van der Waals surface area contributed by atoms with E-state index in [0.29, 0.717) is 5.89 Å². The molecule has 4 heteroatoms. The van der Waals surface area contributed by atoms with E-state index in [9.17, 15) is 0 Å². The Morgan fingerprint density at radius 1 is 0.511 bits per heavy atom. The van der Waals surface area contributed by atoms with E-state index >= 15 is 0 Å². The lowest BCUT2D eigenvalue weighted by Crippen LogP contribution is -1.96. The molecule has 0 aliphatic rings. The first-order valence-corrected chi connectivity index (χ1v) is 15.9. The van der Waals surface area contributed by atoms with Crippen molar-refractivity contribution in [3.05, 3.63) is 158 Å². The third-order valence-electron chi connectivity index (χ3n) is 9.34. The minimum Gasteiger partial charge on any atom is -0.435 e. The second-order valence-electron chi connectivity index (χ2n) is 12.1. The smallest absolute Gasteiger partial charge is 0.227 e. The highest BCUT2D eigenvalue weighted by molar-refractivity contribution is 6.22. The fourth-order valence-electron chi connectivity index (χ4n) is 7.21. The van der Waals surface area contributed by atoms with Crippen molar-refractivity contribution in [2.24, 2.45) is 0 Å². The molecule has 0 bridgehead atoms. The van der Waals surface area contributed by atoms with Crippen molar-refractivity contribution in [3.8, 4) is 39.4 Å². The first-order chi connectivity index (χ1) is 23.3. The summed E-state index contributed by atoms with van der Waals surface area (Å²) in [6.45, 7) is 0. The average molecular weight is 602 g/mol. The molecular weight excluding hydrogens is 574 g/mol. The van der Waals surface area contributed by atoms with E-state index in [1.165, 1.54) is 27.1 Å². The molecule has 0 radical (unpaired) electrons. The monoisotopic (exact) mass is 601 g/mol. The van der Waals surface area contributed by atoms with Gasteiger partial charge in [0.1, 0.15) is 5.52 Å². The summed E-state index contributed by atoms with van der Waals surface area (Å²) in [6, 6.07) is 55.6. The molecule has 3 aromatic heterocycles. The molecule has 0 atom stereocenters. The van der Waals surface area contributed by atoms with Gasteiger partial charge in [-0.2, -0.15) is 0 Å². The summed E-state index contributed by atoms with van der Waals surface area (Å²) in [4.78, 5) is 8.67. The molecule has 3 heterocycles. The first-order valence-electron chi connectivity index (χ1n) is 15.9. The zero-order chi connectivity index (χ0) is 30.9. The normalized spacial score (nSPS) is 11.8. The number of aromatic amines is 1. The third-order valence-corrected chi connectivity index (χ3v) is 9.34. The van der Waals surface area contributed by atoms with E-state index in [4.69, 9.17) is 9.40 Å². The van der Waals surface area contributed by atoms with Gasteiger partial charge in [0.25, 0.3) is 0 Å². The fourth-order valence-corrected chi connectivity index (χ4v) is 7.21. The molecule has 0 saturated heterocycles. The Morgan fingerprint density at radius 2 is 1.21 bits per heavy atom. The van der Waals surface area contributed by atoms with E-state index in [1.807, 2.05) is 36.4 Å². The number of fused-ring (bicyclic) bond motifs is 8. The molecule has 1 N–H and O–H groups in total. The number of nitrogens with one attached hydrogen (secondary N) is 1. The van der Waals surface area contributed by atoms with Gasteiger partial charge in [-0.25, -0.2) is 4.98 Å². The number of hydrogen-bond acceptors (Lipinski definition) is 2.